The van der Waals surface area contributed by atoms with Gasteiger partial charge in [-0.25, -0.2) is 0 Å². The Bertz CT molecular complexity index is 627. The fraction of sp³-hybridized carbons (Fsp3) is 0.300. The van der Waals surface area contributed by atoms with Crippen LogP contribution in [0.1, 0.15) is 38.3 Å². The first kappa shape index (κ1) is 18.6. The summed E-state index contributed by atoms with van der Waals surface area (Å²) in [7, 11) is 0. The van der Waals surface area contributed by atoms with E-state index in [1.807, 2.05) is 11.8 Å². The van der Waals surface area contributed by atoms with E-state index in [4.69, 9.17) is 5.73 Å². The van der Waals surface area contributed by atoms with E-state index in [1.54, 1.807) is 0 Å². The van der Waals surface area contributed by atoms with Crippen LogP contribution in [0.4, 0.5) is 0 Å². The van der Waals surface area contributed by atoms with E-state index in [1.165, 1.54) is 26.5 Å². The molecule has 23 heavy (non-hydrogen) atoms. The fourth-order valence-corrected chi connectivity index (χ4v) is 3.63. The molecule has 1 heterocycles. The van der Waals surface area contributed by atoms with E-state index in [2.05, 4.69) is 98.0 Å². The molecule has 0 bridgehead atoms. The van der Waals surface area contributed by atoms with E-state index in [9.17, 15) is 0 Å². The topological polar surface area (TPSA) is 26.0 Å². The molecular weight excluding hydrogens is 413 g/mol. The zero-order valence-electron chi connectivity index (χ0n) is 13.9. The van der Waals surface area contributed by atoms with Gasteiger partial charge >= 0.3 is 0 Å². The molecule has 1 aliphatic rings. The summed E-state index contributed by atoms with van der Waals surface area (Å²) in [5, 5.41) is 0. The molecule has 0 spiro atoms. The predicted octanol–water partition coefficient (Wildman–Crippen LogP) is 6.36. The zero-order valence-corrected chi connectivity index (χ0v) is 16.9. The lowest BCUT2D eigenvalue weighted by Gasteiger charge is -2.22. The van der Waals surface area contributed by atoms with E-state index < -0.39 is 0 Å². The highest BCUT2D eigenvalue weighted by Gasteiger charge is 2.19. The van der Waals surface area contributed by atoms with Gasteiger partial charge in [0.1, 0.15) is 0 Å². The van der Waals surface area contributed by atoms with Crippen molar-refractivity contribution in [2.24, 2.45) is 11.7 Å². The Morgan fingerprint density at radius 2 is 1.39 bits per heavy atom. The largest absolute Gasteiger partial charge is 0.319 e. The molecule has 0 aromatic heterocycles. The Morgan fingerprint density at radius 3 is 1.83 bits per heavy atom. The number of hydrogen-bond acceptors (Lipinski definition) is 2. The number of hydrogen-bond donors (Lipinski definition) is 1. The second kappa shape index (κ2) is 8.90. The van der Waals surface area contributed by atoms with Gasteiger partial charge in [0.25, 0.3) is 0 Å². The van der Waals surface area contributed by atoms with Crippen LogP contribution in [-0.4, -0.2) is 4.05 Å². The number of fused-ring (bicyclic) bond motifs is 2. The molecule has 1 atom stereocenters. The van der Waals surface area contributed by atoms with Crippen LogP contribution in [0.3, 0.4) is 0 Å². The molecule has 2 N–H and O–H groups in total. The fourth-order valence-electron chi connectivity index (χ4n) is 2.27. The minimum atomic E-state index is 0.166. The maximum Gasteiger partial charge on any atom is 0.0603 e. The first-order valence-corrected chi connectivity index (χ1v) is 10.0. The summed E-state index contributed by atoms with van der Waals surface area (Å²) in [6.45, 7) is 6.50. The number of rotatable bonds is 2. The molecule has 2 aromatic rings. The number of benzene rings is 2. The molecule has 0 aliphatic carbocycles. The van der Waals surface area contributed by atoms with Crippen molar-refractivity contribution in [3.8, 4) is 0 Å². The van der Waals surface area contributed by atoms with Crippen LogP contribution < -0.4 is 5.73 Å². The molecule has 0 saturated heterocycles. The van der Waals surface area contributed by atoms with Crippen molar-refractivity contribution in [1.29, 1.82) is 0 Å². The minimum absolute atomic E-state index is 0.166. The number of nitrogens with two attached hydrogens (primary N) is 1. The monoisotopic (exact) mass is 437 g/mol. The van der Waals surface area contributed by atoms with Crippen LogP contribution >= 0.6 is 34.4 Å². The molecule has 0 radical (unpaired) electrons. The Hall–Kier alpha value is -0.780. The quantitative estimate of drug-likeness (QED) is 0.287. The van der Waals surface area contributed by atoms with Crippen molar-refractivity contribution in [1.82, 2.24) is 0 Å². The van der Waals surface area contributed by atoms with Gasteiger partial charge in [0.15, 0.2) is 0 Å². The van der Waals surface area contributed by atoms with E-state index >= 15 is 0 Å². The van der Waals surface area contributed by atoms with Gasteiger partial charge in [-0.1, -0.05) is 97.6 Å². The Morgan fingerprint density at radius 1 is 0.957 bits per heavy atom. The average Bonchev–Trinajstić information content (AvgIpc) is 2.50. The molecule has 0 amide bonds. The van der Waals surface area contributed by atoms with Crippen molar-refractivity contribution < 1.29 is 0 Å². The lowest BCUT2D eigenvalue weighted by Crippen LogP contribution is -2.09. The van der Waals surface area contributed by atoms with E-state index in [-0.39, 0.29) is 4.05 Å². The predicted molar refractivity (Wildman–Crippen MR) is 111 cm³/mol. The Kier molecular flexibility index (Phi) is 7.18. The Labute approximate surface area is 157 Å². The second-order valence-electron chi connectivity index (χ2n) is 6.20. The smallest absolute Gasteiger partial charge is 0.0603 e. The van der Waals surface area contributed by atoms with Crippen LogP contribution in [0.25, 0.3) is 5.57 Å². The van der Waals surface area contributed by atoms with Crippen molar-refractivity contribution in [2.75, 3.05) is 0 Å². The minimum Gasteiger partial charge on any atom is -0.319 e. The van der Waals surface area contributed by atoms with Gasteiger partial charge in [0, 0.05) is 9.79 Å². The van der Waals surface area contributed by atoms with Crippen LogP contribution in [-0.2, 0) is 0 Å². The SMILES string of the molecule is CC(C)C.NC(I)CC=C1c2ccccc2Sc2ccccc21. The highest BCUT2D eigenvalue weighted by atomic mass is 127. The van der Waals surface area contributed by atoms with Gasteiger partial charge in [-0.05, 0) is 41.2 Å². The summed E-state index contributed by atoms with van der Waals surface area (Å²) in [6.07, 6.45) is 3.16. The van der Waals surface area contributed by atoms with Gasteiger partial charge in [-0.3, -0.25) is 0 Å². The standard InChI is InChI=1S/C16H14INS.C4H10/c17-16(18)10-9-11-12-5-1-3-7-14(12)19-15-8-4-2-6-13(11)15;1-4(2)3/h1-9,16H,10,18H2;4H,1-3H3. The van der Waals surface area contributed by atoms with Gasteiger partial charge in [-0.2, -0.15) is 0 Å². The highest BCUT2D eigenvalue weighted by molar-refractivity contribution is 14.1. The summed E-state index contributed by atoms with van der Waals surface area (Å²) in [6, 6.07) is 17.2. The van der Waals surface area contributed by atoms with Gasteiger partial charge in [0.05, 0.1) is 4.05 Å². The first-order chi connectivity index (χ1) is 11.0. The zero-order chi connectivity index (χ0) is 16.8. The summed E-state index contributed by atoms with van der Waals surface area (Å²) in [4.78, 5) is 2.66. The molecule has 3 rings (SSSR count). The lowest BCUT2D eigenvalue weighted by molar-refractivity contribution is 0.737. The second-order valence-corrected chi connectivity index (χ2v) is 8.88. The van der Waals surface area contributed by atoms with Crippen molar-refractivity contribution in [2.45, 2.75) is 41.0 Å². The molecule has 0 saturated carbocycles. The maximum atomic E-state index is 5.89. The first-order valence-electron chi connectivity index (χ1n) is 7.95. The molecule has 2 aromatic carbocycles. The van der Waals surface area contributed by atoms with Crippen LogP contribution in [0.2, 0.25) is 0 Å². The van der Waals surface area contributed by atoms with E-state index in [0.29, 0.717) is 0 Å². The third-order valence-corrected chi connectivity index (χ3v) is 4.78. The molecule has 1 nitrogen and oxygen atoms in total. The summed E-state index contributed by atoms with van der Waals surface area (Å²) in [5.74, 6) is 0.833. The molecule has 122 valence electrons. The molecule has 0 fully saturated rings. The van der Waals surface area contributed by atoms with Crippen LogP contribution in [0.15, 0.2) is 64.4 Å². The summed E-state index contributed by atoms with van der Waals surface area (Å²) in [5.41, 5.74) is 9.85. The third-order valence-electron chi connectivity index (χ3n) is 3.12. The van der Waals surface area contributed by atoms with Crippen molar-refractivity contribution >= 4 is 39.9 Å². The van der Waals surface area contributed by atoms with Crippen LogP contribution in [0.5, 0.6) is 0 Å². The summed E-state index contributed by atoms with van der Waals surface area (Å²) < 4.78 is 0.166. The molecule has 1 aliphatic heterocycles. The van der Waals surface area contributed by atoms with E-state index in [0.717, 1.165) is 12.3 Å². The van der Waals surface area contributed by atoms with Gasteiger partial charge < -0.3 is 5.73 Å². The highest BCUT2D eigenvalue weighted by Crippen LogP contribution is 2.45. The third kappa shape index (κ3) is 5.37. The lowest BCUT2D eigenvalue weighted by atomic mass is 9.96. The van der Waals surface area contributed by atoms with Gasteiger partial charge in [-0.15, -0.1) is 0 Å². The van der Waals surface area contributed by atoms with Crippen molar-refractivity contribution in [3.63, 3.8) is 0 Å². The van der Waals surface area contributed by atoms with Crippen molar-refractivity contribution in [3.05, 3.63) is 65.7 Å². The number of alkyl halides is 1. The van der Waals surface area contributed by atoms with Crippen LogP contribution in [0, 0.1) is 5.92 Å². The average molecular weight is 437 g/mol. The Balaban J connectivity index is 0.000000433. The molecular formula is C20H24INS. The molecule has 1 unspecified atom stereocenters. The normalized spacial score (nSPS) is 13.6. The molecule has 3 heteroatoms. The maximum absolute atomic E-state index is 5.89. The number of halogens is 1. The van der Waals surface area contributed by atoms with Gasteiger partial charge in [0.2, 0.25) is 0 Å². The summed E-state index contributed by atoms with van der Waals surface area (Å²) >= 11 is 4.11.